The van der Waals surface area contributed by atoms with Crippen molar-refractivity contribution < 1.29 is 22.4 Å². The number of nitrogens with zero attached hydrogens (tertiary/aromatic N) is 1. The van der Waals surface area contributed by atoms with Crippen molar-refractivity contribution in [1.82, 2.24) is 10.2 Å². The van der Waals surface area contributed by atoms with Crippen molar-refractivity contribution in [3.63, 3.8) is 0 Å². The van der Waals surface area contributed by atoms with E-state index in [4.69, 9.17) is 5.14 Å². The molecule has 0 spiro atoms. The number of sulfonamides is 1. The van der Waals surface area contributed by atoms with Crippen LogP contribution in [0.15, 0.2) is 77.7 Å². The van der Waals surface area contributed by atoms with Gasteiger partial charge in [0.1, 0.15) is 5.82 Å². The van der Waals surface area contributed by atoms with Gasteiger partial charge in [0.25, 0.3) is 0 Å². The predicted molar refractivity (Wildman–Crippen MR) is 151 cm³/mol. The summed E-state index contributed by atoms with van der Waals surface area (Å²) in [7, 11) is -3.86. The van der Waals surface area contributed by atoms with E-state index in [2.05, 4.69) is 5.32 Å². The van der Waals surface area contributed by atoms with Crippen LogP contribution in [0.2, 0.25) is 0 Å². The molecule has 40 heavy (non-hydrogen) atoms. The number of piperidine rings is 1. The molecule has 9 heteroatoms. The number of carbonyl (C=O) groups excluding carboxylic acids is 2. The van der Waals surface area contributed by atoms with Crippen LogP contribution in [0.4, 0.5) is 4.39 Å². The van der Waals surface area contributed by atoms with Crippen molar-refractivity contribution in [2.75, 3.05) is 13.1 Å². The zero-order valence-corrected chi connectivity index (χ0v) is 23.1. The number of carbonyl (C=O) groups is 2. The lowest BCUT2D eigenvalue weighted by Gasteiger charge is -2.34. The van der Waals surface area contributed by atoms with Crippen molar-refractivity contribution >= 4 is 21.8 Å². The molecule has 3 aromatic rings. The molecular formula is C31H34FN3O4S. The molecule has 2 aliphatic rings. The molecule has 2 fully saturated rings. The molecule has 3 N–H and O–H groups in total. The van der Waals surface area contributed by atoms with E-state index >= 15 is 0 Å². The second-order valence-electron chi connectivity index (χ2n) is 10.8. The van der Waals surface area contributed by atoms with E-state index < -0.39 is 10.0 Å². The number of nitrogens with one attached hydrogen (secondary N) is 1. The number of hydrogen-bond donors (Lipinski definition) is 2. The molecular weight excluding hydrogens is 529 g/mol. The van der Waals surface area contributed by atoms with Gasteiger partial charge in [0.05, 0.1) is 4.90 Å². The van der Waals surface area contributed by atoms with E-state index in [0.717, 1.165) is 30.4 Å². The molecule has 2 amide bonds. The Labute approximate surface area is 234 Å². The van der Waals surface area contributed by atoms with Crippen LogP contribution in [0.1, 0.15) is 49.1 Å². The third kappa shape index (κ3) is 6.26. The fourth-order valence-corrected chi connectivity index (χ4v) is 6.81. The molecule has 5 rings (SSSR count). The largest absolute Gasteiger partial charge is 0.352 e. The number of likely N-dealkylation sites (tertiary alicyclic amines) is 1. The monoisotopic (exact) mass is 563 g/mol. The van der Waals surface area contributed by atoms with E-state index in [9.17, 15) is 22.4 Å². The van der Waals surface area contributed by atoms with Crippen LogP contribution >= 0.6 is 0 Å². The molecule has 7 nitrogen and oxygen atoms in total. The smallest absolute Gasteiger partial charge is 0.238 e. The van der Waals surface area contributed by atoms with Gasteiger partial charge in [0, 0.05) is 37.0 Å². The summed E-state index contributed by atoms with van der Waals surface area (Å²) in [6.45, 7) is 1.61. The van der Waals surface area contributed by atoms with Gasteiger partial charge in [-0.1, -0.05) is 61.0 Å². The summed E-state index contributed by atoms with van der Waals surface area (Å²) in [4.78, 5) is 28.5. The van der Waals surface area contributed by atoms with Crippen LogP contribution < -0.4 is 10.5 Å². The Balaban J connectivity index is 1.16. The fraction of sp³-hybridized carbons (Fsp3) is 0.355. The van der Waals surface area contributed by atoms with Crippen molar-refractivity contribution in [2.45, 2.75) is 49.5 Å². The van der Waals surface area contributed by atoms with Gasteiger partial charge in [-0.25, -0.2) is 17.9 Å². The van der Waals surface area contributed by atoms with Crippen LogP contribution in [0, 0.1) is 17.7 Å². The van der Waals surface area contributed by atoms with Gasteiger partial charge in [0.15, 0.2) is 0 Å². The highest BCUT2D eigenvalue weighted by Crippen LogP contribution is 2.36. The molecule has 1 saturated carbocycles. The predicted octanol–water partition coefficient (Wildman–Crippen LogP) is 4.58. The van der Waals surface area contributed by atoms with Gasteiger partial charge in [-0.3, -0.25) is 9.59 Å². The zero-order valence-electron chi connectivity index (χ0n) is 22.3. The molecule has 3 aromatic carbocycles. The normalized spacial score (nSPS) is 19.9. The Morgan fingerprint density at radius 2 is 1.52 bits per heavy atom. The minimum atomic E-state index is -3.86. The van der Waals surface area contributed by atoms with Gasteiger partial charge in [-0.15, -0.1) is 0 Å². The second kappa shape index (κ2) is 11.9. The Hall–Kier alpha value is -3.56. The third-order valence-electron chi connectivity index (χ3n) is 8.24. The molecule has 0 unspecified atom stereocenters. The number of amides is 2. The number of halogens is 1. The van der Waals surface area contributed by atoms with E-state index in [0.29, 0.717) is 49.5 Å². The van der Waals surface area contributed by atoms with Crippen LogP contribution in [-0.2, 0) is 26.2 Å². The summed E-state index contributed by atoms with van der Waals surface area (Å²) in [5, 5.41) is 8.37. The number of benzene rings is 3. The van der Waals surface area contributed by atoms with E-state index in [1.165, 1.54) is 18.2 Å². The number of rotatable bonds is 7. The summed E-state index contributed by atoms with van der Waals surface area (Å²) in [5.41, 5.74) is 3.21. The van der Waals surface area contributed by atoms with Gasteiger partial charge >= 0.3 is 0 Å². The maximum atomic E-state index is 13.4. The summed E-state index contributed by atoms with van der Waals surface area (Å²) in [6, 6.07) is 20.5. The minimum Gasteiger partial charge on any atom is -0.352 e. The van der Waals surface area contributed by atoms with Gasteiger partial charge < -0.3 is 10.2 Å². The Morgan fingerprint density at radius 3 is 2.20 bits per heavy atom. The topological polar surface area (TPSA) is 110 Å². The van der Waals surface area contributed by atoms with Crippen LogP contribution in [-0.4, -0.2) is 38.2 Å². The van der Waals surface area contributed by atoms with E-state index in [-0.39, 0.29) is 34.4 Å². The van der Waals surface area contributed by atoms with Crippen molar-refractivity contribution in [1.29, 1.82) is 0 Å². The molecule has 0 bridgehead atoms. The first-order chi connectivity index (χ1) is 19.2. The first kappa shape index (κ1) is 28.0. The number of primary sulfonamides is 1. The van der Waals surface area contributed by atoms with Crippen LogP contribution in [0.3, 0.4) is 0 Å². The lowest BCUT2D eigenvalue weighted by Crippen LogP contribution is -2.44. The fourth-order valence-electron chi connectivity index (χ4n) is 6.05. The average molecular weight is 564 g/mol. The minimum absolute atomic E-state index is 0.0627. The lowest BCUT2D eigenvalue weighted by atomic mass is 9.87. The highest BCUT2D eigenvalue weighted by atomic mass is 32.2. The van der Waals surface area contributed by atoms with Crippen molar-refractivity contribution in [2.24, 2.45) is 17.0 Å². The molecule has 1 heterocycles. The maximum absolute atomic E-state index is 13.4. The Morgan fingerprint density at radius 1 is 0.875 bits per heavy atom. The van der Waals surface area contributed by atoms with Crippen molar-refractivity contribution in [3.8, 4) is 11.1 Å². The lowest BCUT2D eigenvalue weighted by molar-refractivity contribution is -0.141. The molecule has 1 saturated heterocycles. The molecule has 0 aromatic heterocycles. The van der Waals surface area contributed by atoms with Crippen LogP contribution in [0.5, 0.6) is 0 Å². The molecule has 0 radical (unpaired) electrons. The Bertz CT molecular complexity index is 1470. The van der Waals surface area contributed by atoms with Gasteiger partial charge in [-0.2, -0.15) is 0 Å². The highest BCUT2D eigenvalue weighted by Gasteiger charge is 2.40. The molecule has 1 aliphatic carbocycles. The number of nitrogens with two attached hydrogens (primary N) is 1. The molecule has 2 atom stereocenters. The molecule has 1 aliphatic heterocycles. The van der Waals surface area contributed by atoms with E-state index in [1.807, 2.05) is 41.3 Å². The standard InChI is InChI=1S/C31H34FN3O4S/c32-25-14-12-22(13-15-25)23-16-18-35(19-17-23)31(37)28-6-3-5-27(28)30(36)34-20-21-8-10-24(11-9-21)26-4-1-2-7-29(26)40(33,38)39/h1-2,4,7-15,23,27-28H,3,5-6,16-20H2,(H,34,36)(H2,33,38,39)/t27-,28-/m1/s1. The summed E-state index contributed by atoms with van der Waals surface area (Å²) >= 11 is 0. The van der Waals surface area contributed by atoms with Gasteiger partial charge in [0.2, 0.25) is 21.8 Å². The zero-order chi connectivity index (χ0) is 28.3. The highest BCUT2D eigenvalue weighted by molar-refractivity contribution is 7.89. The third-order valence-corrected chi connectivity index (χ3v) is 9.21. The van der Waals surface area contributed by atoms with E-state index in [1.54, 1.807) is 18.2 Å². The van der Waals surface area contributed by atoms with Gasteiger partial charge in [-0.05, 0) is 66.5 Å². The van der Waals surface area contributed by atoms with Crippen LogP contribution in [0.25, 0.3) is 11.1 Å². The summed E-state index contributed by atoms with van der Waals surface area (Å²) < 4.78 is 37.2. The van der Waals surface area contributed by atoms with Crippen molar-refractivity contribution in [3.05, 3.63) is 89.7 Å². The second-order valence-corrected chi connectivity index (χ2v) is 12.3. The SMILES string of the molecule is NS(=O)(=O)c1ccccc1-c1ccc(CNC(=O)[C@@H]2CCC[C@H]2C(=O)N2CCC(c3ccc(F)cc3)CC2)cc1. The summed E-state index contributed by atoms with van der Waals surface area (Å²) in [5.74, 6) is -0.631. The quantitative estimate of drug-likeness (QED) is 0.439. The average Bonchev–Trinajstić information content (AvgIpc) is 3.46. The first-order valence-corrected chi connectivity index (χ1v) is 15.3. The maximum Gasteiger partial charge on any atom is 0.238 e. The first-order valence-electron chi connectivity index (χ1n) is 13.7. The number of hydrogen-bond acceptors (Lipinski definition) is 4. The Kier molecular flexibility index (Phi) is 8.32. The summed E-state index contributed by atoms with van der Waals surface area (Å²) in [6.07, 6.45) is 3.92. The molecule has 210 valence electrons.